The van der Waals surface area contributed by atoms with Crippen molar-refractivity contribution in [1.82, 2.24) is 0 Å². The molecule has 0 bridgehead atoms. The van der Waals surface area contributed by atoms with Crippen molar-refractivity contribution >= 4 is 88.2 Å². The maximum absolute atomic E-state index is 13.9. The van der Waals surface area contributed by atoms with Gasteiger partial charge in [0, 0.05) is 45.0 Å². The summed E-state index contributed by atoms with van der Waals surface area (Å²) in [5, 5.41) is 21.2. The number of carboxylic acids is 2. The van der Waals surface area contributed by atoms with Gasteiger partial charge in [-0.15, -0.1) is 12.8 Å². The number of hydrogen-bond donors (Lipinski definition) is 2. The van der Waals surface area contributed by atoms with Crippen LogP contribution in [0.25, 0.3) is 21.5 Å². The number of carbonyl (C=O) groups is 4. The number of methoxy groups -OCH3 is 4. The number of ether oxygens (including phenoxy) is 4. The molecule has 0 unspecified atom stereocenters. The van der Waals surface area contributed by atoms with Gasteiger partial charge in [0.2, 0.25) is 0 Å². The number of sulfonamides is 2. The van der Waals surface area contributed by atoms with Gasteiger partial charge in [-0.25, -0.2) is 16.8 Å². The van der Waals surface area contributed by atoms with Crippen molar-refractivity contribution in [2.75, 3.05) is 73.0 Å². The molecule has 19 nitrogen and oxygen atoms in total. The summed E-state index contributed by atoms with van der Waals surface area (Å²) in [7, 11) is -3.41. The molecule has 6 rings (SSSR count). The van der Waals surface area contributed by atoms with Crippen LogP contribution in [0.3, 0.4) is 0 Å². The van der Waals surface area contributed by atoms with Gasteiger partial charge in [-0.1, -0.05) is 84.6 Å². The maximum atomic E-state index is 13.9. The van der Waals surface area contributed by atoms with E-state index < -0.39 is 57.1 Å². The molecule has 0 amide bonds. The van der Waals surface area contributed by atoms with Crippen LogP contribution in [0, 0.1) is 24.7 Å². The van der Waals surface area contributed by atoms with Gasteiger partial charge in [0.1, 0.15) is 34.4 Å². The number of benzene rings is 6. The van der Waals surface area contributed by atoms with Crippen molar-refractivity contribution in [1.29, 1.82) is 0 Å². The maximum Gasteiger partial charge on any atom is 1.00 e. The molecule has 0 fully saturated rings. The SMILES string of the molecule is C#CCN(c1ccc(N(CC(=O)O)S(=O)(=O)c2ccccc2OC)c2ccccc12)[C@@H](C)CC(=O)O.C#CCN(c1ccc(N(CC(=O)OC)S(=O)(=O)c2ccccc2OC)c2ccccc12)[C@@H](C)CC(=O)OC.[Li+].[OH-]. The molecule has 2 atom stereocenters. The Hall–Kier alpha value is -7.90. The van der Waals surface area contributed by atoms with Crippen molar-refractivity contribution in [3.63, 3.8) is 0 Å². The molecule has 0 aromatic heterocycles. The van der Waals surface area contributed by atoms with Crippen molar-refractivity contribution in [3.8, 4) is 36.2 Å². The Morgan fingerprint density at radius 2 is 0.855 bits per heavy atom. The minimum Gasteiger partial charge on any atom is -0.870 e. The molecule has 0 aliphatic heterocycles. The minimum absolute atomic E-state index is 0. The molecule has 6 aromatic rings. The second-order valence-electron chi connectivity index (χ2n) is 16.3. The van der Waals surface area contributed by atoms with Gasteiger partial charge in [-0.3, -0.25) is 27.8 Å². The number of carbonyl (C=O) groups excluding carboxylic acids is 2. The Morgan fingerprint density at radius 1 is 0.513 bits per heavy atom. The van der Waals surface area contributed by atoms with Crippen LogP contribution in [0.4, 0.5) is 22.7 Å². The third kappa shape index (κ3) is 14.3. The number of aliphatic carboxylic acids is 2. The molecule has 3 N–H and O–H groups in total. The zero-order chi connectivity index (χ0) is 54.3. The van der Waals surface area contributed by atoms with E-state index in [1.807, 2.05) is 24.0 Å². The monoisotopic (exact) mass is 1070 g/mol. The summed E-state index contributed by atoms with van der Waals surface area (Å²) in [6.45, 7) is 2.52. The van der Waals surface area contributed by atoms with Crippen LogP contribution in [0.1, 0.15) is 26.7 Å². The number of rotatable bonds is 22. The van der Waals surface area contributed by atoms with Gasteiger partial charge >= 0.3 is 42.7 Å². The van der Waals surface area contributed by atoms with Gasteiger partial charge in [0.15, 0.2) is 0 Å². The third-order valence-corrected chi connectivity index (χ3v) is 15.3. The molecule has 76 heavy (non-hydrogen) atoms. The summed E-state index contributed by atoms with van der Waals surface area (Å²) in [6.07, 6.45) is 11.1. The fourth-order valence-electron chi connectivity index (χ4n) is 8.23. The Morgan fingerprint density at radius 3 is 1.21 bits per heavy atom. The zero-order valence-electron chi connectivity index (χ0n) is 42.9. The van der Waals surface area contributed by atoms with E-state index in [-0.39, 0.29) is 94.9 Å². The normalized spacial score (nSPS) is 11.5. The van der Waals surface area contributed by atoms with Gasteiger partial charge < -0.3 is 44.4 Å². The number of fused-ring (bicyclic) bond motifs is 2. The molecule has 0 spiro atoms. The summed E-state index contributed by atoms with van der Waals surface area (Å²) < 4.78 is 77.3. The summed E-state index contributed by atoms with van der Waals surface area (Å²) in [5.41, 5.74) is 1.72. The van der Waals surface area contributed by atoms with Crippen LogP contribution in [-0.4, -0.2) is 123 Å². The zero-order valence-corrected chi connectivity index (χ0v) is 44.6. The quantitative estimate of drug-likeness (QED) is 0.0556. The van der Waals surface area contributed by atoms with Crippen LogP contribution in [0.5, 0.6) is 11.5 Å². The fourth-order valence-corrected chi connectivity index (χ4v) is 11.4. The molecule has 0 aliphatic rings. The largest absolute Gasteiger partial charge is 1.00 e. The molecule has 6 aromatic carbocycles. The Labute approximate surface area is 454 Å². The Kier molecular flexibility index (Phi) is 23.1. The number of anilines is 4. The fraction of sp³-hybridized carbons (Fsp3) is 0.259. The van der Waals surface area contributed by atoms with Crippen LogP contribution < -0.4 is 46.7 Å². The number of nitrogens with zero attached hydrogens (tertiary/aromatic N) is 4. The van der Waals surface area contributed by atoms with Crippen LogP contribution in [-0.2, 0) is 48.7 Å². The van der Waals surface area contributed by atoms with E-state index in [1.54, 1.807) is 84.6 Å². The van der Waals surface area contributed by atoms with E-state index in [0.29, 0.717) is 32.9 Å². The molecule has 22 heteroatoms. The third-order valence-electron chi connectivity index (χ3n) is 11.7. The summed E-state index contributed by atoms with van der Waals surface area (Å²) >= 11 is 0. The molecule has 0 saturated heterocycles. The summed E-state index contributed by atoms with van der Waals surface area (Å²) in [5.74, 6) is 1.94. The molecular formula is C54H57LiN4O15S2. The first kappa shape index (κ1) is 62.4. The van der Waals surface area contributed by atoms with Crippen molar-refractivity contribution in [2.24, 2.45) is 0 Å². The summed E-state index contributed by atoms with van der Waals surface area (Å²) in [4.78, 5) is 50.9. The molecule has 396 valence electrons. The van der Waals surface area contributed by atoms with Crippen LogP contribution in [0.15, 0.2) is 131 Å². The van der Waals surface area contributed by atoms with Crippen molar-refractivity contribution in [3.05, 3.63) is 121 Å². The van der Waals surface area contributed by atoms with E-state index >= 15 is 0 Å². The van der Waals surface area contributed by atoms with E-state index in [1.165, 1.54) is 64.8 Å². The first-order valence-corrected chi connectivity index (χ1v) is 25.5. The first-order chi connectivity index (χ1) is 35.3. The Balaban J connectivity index is 0.000000391. The van der Waals surface area contributed by atoms with Crippen molar-refractivity contribution in [2.45, 2.75) is 48.6 Å². The van der Waals surface area contributed by atoms with Gasteiger partial charge in [-0.05, 0) is 62.4 Å². The molecule has 0 aliphatic carbocycles. The molecule has 0 saturated carbocycles. The number of terminal acetylenes is 2. The van der Waals surface area contributed by atoms with Crippen LogP contribution in [0.2, 0.25) is 0 Å². The van der Waals surface area contributed by atoms with Gasteiger partial charge in [0.25, 0.3) is 20.0 Å². The number of carboxylic acid groups (broad SMARTS) is 2. The van der Waals surface area contributed by atoms with E-state index in [0.717, 1.165) is 8.61 Å². The number of esters is 2. The predicted molar refractivity (Wildman–Crippen MR) is 285 cm³/mol. The Bertz CT molecular complexity index is 3340. The van der Waals surface area contributed by atoms with E-state index in [9.17, 15) is 46.2 Å². The molecule has 0 heterocycles. The van der Waals surface area contributed by atoms with Crippen molar-refractivity contribution < 1.29 is 89.5 Å². The second kappa shape index (κ2) is 28.1. The predicted octanol–water partition coefficient (Wildman–Crippen LogP) is 3.87. The molecule has 0 radical (unpaired) electrons. The topological polar surface area (TPSA) is 257 Å². The smallest absolute Gasteiger partial charge is 0.870 e. The number of para-hydroxylation sites is 2. The van der Waals surface area contributed by atoms with Crippen LogP contribution >= 0.6 is 0 Å². The standard InChI is InChI=1S/C28H30N2O7S.C26H26N2O7S.Li.H2O/c1-6-17-29(20(2)18-27(31)36-4)23-15-16-24(22-12-8-7-11-21(22)23)30(19-28(32)37-5)38(33,34)26-14-10-9-13-25(26)35-3;1-4-15-27(18(2)16-25(29)30)21-13-14-22(20-10-6-5-9-19(20)21)28(17-26(31)32)36(33,34)24-12-8-7-11-23(24)35-3;;/h1,7-16,20H,17-19H2,2-5H3;1,5-14,18H,15-17H2,2-3H3,(H,29,30)(H,31,32);;1H2/q;;+1;/p-1/t20-;18-;;/m00../s1. The van der Waals surface area contributed by atoms with E-state index in [2.05, 4.69) is 11.8 Å². The second-order valence-corrected chi connectivity index (χ2v) is 20.0. The summed E-state index contributed by atoms with van der Waals surface area (Å²) in [6, 6.07) is 31.9. The average molecular weight is 1070 g/mol. The average Bonchev–Trinajstić information content (AvgIpc) is 3.39. The van der Waals surface area contributed by atoms with Gasteiger partial charge in [0.05, 0.1) is 65.7 Å². The first-order valence-electron chi connectivity index (χ1n) is 22.6. The molecular weight excluding hydrogens is 1020 g/mol. The number of hydrogen-bond acceptors (Lipinski definition) is 15. The van der Waals surface area contributed by atoms with Gasteiger partial charge in [-0.2, -0.15) is 0 Å². The minimum atomic E-state index is -4.36. The van der Waals surface area contributed by atoms with E-state index in [4.69, 9.17) is 31.8 Å².